The van der Waals surface area contributed by atoms with Crippen LogP contribution in [0.1, 0.15) is 76.7 Å². The van der Waals surface area contributed by atoms with Crippen LogP contribution in [-0.2, 0) is 16.0 Å². The van der Waals surface area contributed by atoms with E-state index in [0.717, 1.165) is 41.4 Å². The van der Waals surface area contributed by atoms with Gasteiger partial charge in [0.05, 0.1) is 34.6 Å². The molecule has 220 valence electrons. The first-order chi connectivity index (χ1) is 20.1. The van der Waals surface area contributed by atoms with E-state index in [1.807, 2.05) is 54.5 Å². The number of amides is 1. The van der Waals surface area contributed by atoms with E-state index in [0.29, 0.717) is 54.3 Å². The zero-order chi connectivity index (χ0) is 30.0. The molecule has 1 amide bonds. The Hall–Kier alpha value is -4.52. The van der Waals surface area contributed by atoms with E-state index in [-0.39, 0.29) is 12.1 Å². The summed E-state index contributed by atoms with van der Waals surface area (Å²) in [6, 6.07) is 5.85. The van der Waals surface area contributed by atoms with Crippen LogP contribution in [0.5, 0.6) is 0 Å². The maximum absolute atomic E-state index is 12.8. The molecule has 4 aromatic rings. The molecule has 10 nitrogen and oxygen atoms in total. The normalized spacial score (nSPS) is 15.2. The standard InChI is InChI=1S/C32H39N7O3/c1-7-9-16-41-21(3)25-18-34-30(33)28-26(13-11-22-10-12-23-19-38(8-2)35-27(23)17-22)36-39(29(25)28)24-14-15-37(20-24)31(40)42-32(4,5)6/h10,12,17-19,24H,3,7-9,14-16,20H2,1-2,4-6H3,(H2,33,34). The molecule has 1 atom stereocenters. The number of benzene rings is 1. The van der Waals surface area contributed by atoms with E-state index in [9.17, 15) is 4.79 Å². The first-order valence-electron chi connectivity index (χ1n) is 14.5. The van der Waals surface area contributed by atoms with Gasteiger partial charge in [0.25, 0.3) is 0 Å². The van der Waals surface area contributed by atoms with Crippen molar-refractivity contribution in [3.8, 4) is 11.8 Å². The lowest BCUT2D eigenvalue weighted by Crippen LogP contribution is -2.35. The van der Waals surface area contributed by atoms with Gasteiger partial charge in [-0.3, -0.25) is 9.36 Å². The Morgan fingerprint density at radius 3 is 2.76 bits per heavy atom. The molecule has 42 heavy (non-hydrogen) atoms. The molecule has 0 spiro atoms. The number of nitrogens with zero attached hydrogens (tertiary/aromatic N) is 6. The maximum atomic E-state index is 12.8. The molecule has 10 heteroatoms. The molecule has 1 aromatic carbocycles. The number of rotatable bonds is 7. The second kappa shape index (κ2) is 11.8. The second-order valence-corrected chi connectivity index (χ2v) is 11.6. The van der Waals surface area contributed by atoms with E-state index in [2.05, 4.69) is 42.3 Å². The number of carbonyl (C=O) groups is 1. The zero-order valence-corrected chi connectivity index (χ0v) is 25.1. The summed E-state index contributed by atoms with van der Waals surface area (Å²) < 4.78 is 15.4. The van der Waals surface area contributed by atoms with Crippen molar-refractivity contribution < 1.29 is 14.3 Å². The number of hydrogen-bond acceptors (Lipinski definition) is 7. The van der Waals surface area contributed by atoms with Crippen LogP contribution in [0.3, 0.4) is 0 Å². The van der Waals surface area contributed by atoms with Gasteiger partial charge in [-0.05, 0) is 64.7 Å². The third-order valence-corrected chi connectivity index (χ3v) is 7.19. The minimum Gasteiger partial charge on any atom is -0.493 e. The monoisotopic (exact) mass is 569 g/mol. The van der Waals surface area contributed by atoms with Crippen LogP contribution < -0.4 is 5.73 Å². The fourth-order valence-corrected chi connectivity index (χ4v) is 5.04. The number of carbonyl (C=O) groups excluding carboxylic acids is 1. The molecule has 0 radical (unpaired) electrons. The van der Waals surface area contributed by atoms with Gasteiger partial charge in [-0.1, -0.05) is 25.8 Å². The first kappa shape index (κ1) is 29.0. The fraction of sp³-hybridized carbons (Fsp3) is 0.438. The predicted molar refractivity (Wildman–Crippen MR) is 165 cm³/mol. The van der Waals surface area contributed by atoms with Crippen molar-refractivity contribution in [1.29, 1.82) is 0 Å². The summed E-state index contributed by atoms with van der Waals surface area (Å²) in [5, 5.41) is 11.3. The van der Waals surface area contributed by atoms with Crippen molar-refractivity contribution in [3.05, 3.63) is 54.0 Å². The van der Waals surface area contributed by atoms with E-state index >= 15 is 0 Å². The summed E-state index contributed by atoms with van der Waals surface area (Å²) in [5.41, 5.74) is 9.56. The number of aromatic nitrogens is 5. The average Bonchev–Trinajstić information content (AvgIpc) is 3.68. The molecule has 1 saturated heterocycles. The highest BCUT2D eigenvalue weighted by atomic mass is 16.6. The van der Waals surface area contributed by atoms with Crippen molar-refractivity contribution in [2.75, 3.05) is 25.4 Å². The SMILES string of the molecule is C=C(OCCCC)c1cnc(N)c2c(C#Cc3ccc4cn(CC)nc4c3)nn(C3CCN(C(=O)OC(C)(C)C)C3)c12. The van der Waals surface area contributed by atoms with Gasteiger partial charge >= 0.3 is 6.09 Å². The molecule has 1 unspecified atom stereocenters. The van der Waals surface area contributed by atoms with Gasteiger partial charge in [-0.15, -0.1) is 0 Å². The molecule has 1 aliphatic heterocycles. The highest BCUT2D eigenvalue weighted by molar-refractivity contribution is 5.99. The van der Waals surface area contributed by atoms with Gasteiger partial charge in [-0.2, -0.15) is 10.2 Å². The van der Waals surface area contributed by atoms with Gasteiger partial charge in [0.2, 0.25) is 0 Å². The summed E-state index contributed by atoms with van der Waals surface area (Å²) >= 11 is 0. The third-order valence-electron chi connectivity index (χ3n) is 7.19. The van der Waals surface area contributed by atoms with Crippen molar-refractivity contribution in [2.24, 2.45) is 0 Å². The topological polar surface area (TPSA) is 113 Å². The summed E-state index contributed by atoms with van der Waals surface area (Å²) in [7, 11) is 0. The zero-order valence-electron chi connectivity index (χ0n) is 25.1. The van der Waals surface area contributed by atoms with Gasteiger partial charge in [0.1, 0.15) is 22.9 Å². The number of hydrogen-bond donors (Lipinski definition) is 1. The molecular weight excluding hydrogens is 530 g/mol. The van der Waals surface area contributed by atoms with Gasteiger partial charge in [0, 0.05) is 43.0 Å². The summed E-state index contributed by atoms with van der Waals surface area (Å²) in [6.45, 7) is 16.3. The predicted octanol–water partition coefficient (Wildman–Crippen LogP) is 5.75. The Balaban J connectivity index is 1.56. The molecule has 3 aromatic heterocycles. The lowest BCUT2D eigenvalue weighted by Gasteiger charge is -2.24. The minimum atomic E-state index is -0.575. The number of likely N-dealkylation sites (tertiary alicyclic amines) is 1. The maximum Gasteiger partial charge on any atom is 0.410 e. The fourth-order valence-electron chi connectivity index (χ4n) is 5.04. The number of aryl methyl sites for hydroxylation is 1. The molecule has 4 heterocycles. The highest BCUT2D eigenvalue weighted by Gasteiger charge is 2.33. The molecule has 0 aliphatic carbocycles. The quantitative estimate of drug-likeness (QED) is 0.171. The van der Waals surface area contributed by atoms with Crippen LogP contribution in [0.15, 0.2) is 37.2 Å². The van der Waals surface area contributed by atoms with Gasteiger partial charge < -0.3 is 20.1 Å². The largest absolute Gasteiger partial charge is 0.493 e. The van der Waals surface area contributed by atoms with E-state index < -0.39 is 5.60 Å². The van der Waals surface area contributed by atoms with Crippen LogP contribution in [0.2, 0.25) is 0 Å². The van der Waals surface area contributed by atoms with Crippen LogP contribution >= 0.6 is 0 Å². The second-order valence-electron chi connectivity index (χ2n) is 11.6. The van der Waals surface area contributed by atoms with Crippen LogP contribution in [-0.4, -0.2) is 60.8 Å². The Kier molecular flexibility index (Phi) is 8.12. The van der Waals surface area contributed by atoms with Gasteiger partial charge in [0.15, 0.2) is 0 Å². The summed E-state index contributed by atoms with van der Waals surface area (Å²) in [5.74, 6) is 7.32. The summed E-state index contributed by atoms with van der Waals surface area (Å²) in [6.07, 6.45) is 5.98. The number of unbranched alkanes of at least 4 members (excludes halogenated alkanes) is 1. The highest BCUT2D eigenvalue weighted by Crippen LogP contribution is 2.35. The van der Waals surface area contributed by atoms with Crippen molar-refractivity contribution in [1.82, 2.24) is 29.4 Å². The summed E-state index contributed by atoms with van der Waals surface area (Å²) in [4.78, 5) is 19.0. The lowest BCUT2D eigenvalue weighted by molar-refractivity contribution is 0.0288. The van der Waals surface area contributed by atoms with Crippen molar-refractivity contribution in [2.45, 2.75) is 72.1 Å². The molecule has 2 N–H and O–H groups in total. The number of fused-ring (bicyclic) bond motifs is 2. The molecule has 1 fully saturated rings. The van der Waals surface area contributed by atoms with E-state index in [1.54, 1.807) is 11.1 Å². The number of ether oxygens (including phenoxy) is 2. The number of anilines is 1. The Labute approximate surface area is 246 Å². The van der Waals surface area contributed by atoms with Crippen molar-refractivity contribution >= 4 is 39.5 Å². The first-order valence-corrected chi connectivity index (χ1v) is 14.5. The van der Waals surface area contributed by atoms with Crippen molar-refractivity contribution in [3.63, 3.8) is 0 Å². The Morgan fingerprint density at radius 2 is 2.02 bits per heavy atom. The minimum absolute atomic E-state index is 0.117. The van der Waals surface area contributed by atoms with E-state index in [1.165, 1.54) is 0 Å². The number of nitrogens with two attached hydrogens (primary N) is 1. The van der Waals surface area contributed by atoms with Crippen LogP contribution in [0, 0.1) is 11.8 Å². The average molecular weight is 570 g/mol. The Morgan fingerprint density at radius 1 is 1.21 bits per heavy atom. The smallest absolute Gasteiger partial charge is 0.410 e. The molecule has 0 saturated carbocycles. The molecule has 0 bridgehead atoms. The molecular formula is C32H39N7O3. The molecule has 5 rings (SSSR count). The number of nitrogen functional groups attached to an aromatic ring is 1. The van der Waals surface area contributed by atoms with Crippen LogP contribution in [0.25, 0.3) is 27.6 Å². The molecule has 1 aliphatic rings. The van der Waals surface area contributed by atoms with Gasteiger partial charge in [-0.25, -0.2) is 9.78 Å². The third kappa shape index (κ3) is 6.05. The Bertz CT molecular complexity index is 1700. The van der Waals surface area contributed by atoms with Crippen LogP contribution in [0.4, 0.5) is 10.6 Å². The van der Waals surface area contributed by atoms with E-state index in [4.69, 9.17) is 20.3 Å². The number of pyridine rings is 1. The lowest BCUT2D eigenvalue weighted by atomic mass is 10.1.